The van der Waals surface area contributed by atoms with E-state index in [0.29, 0.717) is 21.4 Å². The third kappa shape index (κ3) is 5.39. The van der Waals surface area contributed by atoms with Crippen LogP contribution in [0.4, 0.5) is 11.4 Å². The molecule has 0 heterocycles. The molecular formula is C23H22Cl2N2O3S. The van der Waals surface area contributed by atoms with Gasteiger partial charge in [0.2, 0.25) is 5.91 Å². The molecule has 3 rings (SSSR count). The fourth-order valence-corrected chi connectivity index (χ4v) is 4.69. The Morgan fingerprint density at radius 3 is 2.10 bits per heavy atom. The number of anilines is 2. The van der Waals surface area contributed by atoms with Crippen molar-refractivity contribution in [1.82, 2.24) is 0 Å². The molecule has 0 saturated heterocycles. The number of aryl methyl sites for hydroxylation is 3. The highest BCUT2D eigenvalue weighted by Gasteiger charge is 2.27. The van der Waals surface area contributed by atoms with E-state index in [4.69, 9.17) is 23.2 Å². The third-order valence-corrected chi connectivity index (χ3v) is 7.22. The van der Waals surface area contributed by atoms with Crippen molar-refractivity contribution in [3.63, 3.8) is 0 Å². The average Bonchev–Trinajstić information content (AvgIpc) is 2.71. The molecule has 3 aromatic rings. The SMILES string of the molecule is Cc1ccc(N(CC(=O)Nc2cc(Cl)ccc2C)S(=O)(=O)c2ccc(Cl)cc2)cc1C. The number of benzene rings is 3. The van der Waals surface area contributed by atoms with Crippen LogP contribution < -0.4 is 9.62 Å². The maximum atomic E-state index is 13.4. The summed E-state index contributed by atoms with van der Waals surface area (Å²) in [5.74, 6) is -0.485. The Kier molecular flexibility index (Phi) is 6.94. The quantitative estimate of drug-likeness (QED) is 0.492. The number of nitrogens with zero attached hydrogens (tertiary/aromatic N) is 1. The highest BCUT2D eigenvalue weighted by Crippen LogP contribution is 2.27. The monoisotopic (exact) mass is 476 g/mol. The second-order valence-corrected chi connectivity index (χ2v) is 9.98. The van der Waals surface area contributed by atoms with Crippen molar-refractivity contribution in [2.75, 3.05) is 16.2 Å². The lowest BCUT2D eigenvalue weighted by Crippen LogP contribution is -2.38. The van der Waals surface area contributed by atoms with Crippen LogP contribution in [0.2, 0.25) is 10.0 Å². The highest BCUT2D eigenvalue weighted by molar-refractivity contribution is 7.92. The summed E-state index contributed by atoms with van der Waals surface area (Å²) in [6.07, 6.45) is 0. The van der Waals surface area contributed by atoms with E-state index in [1.54, 1.807) is 30.3 Å². The Morgan fingerprint density at radius 1 is 0.839 bits per heavy atom. The van der Waals surface area contributed by atoms with Gasteiger partial charge in [-0.1, -0.05) is 35.3 Å². The zero-order valence-electron chi connectivity index (χ0n) is 17.3. The van der Waals surface area contributed by atoms with Crippen LogP contribution in [0.1, 0.15) is 16.7 Å². The third-order valence-electron chi connectivity index (χ3n) is 4.94. The van der Waals surface area contributed by atoms with Crippen LogP contribution in [0.25, 0.3) is 0 Å². The van der Waals surface area contributed by atoms with Gasteiger partial charge in [-0.2, -0.15) is 0 Å². The van der Waals surface area contributed by atoms with E-state index < -0.39 is 22.5 Å². The molecule has 8 heteroatoms. The number of carbonyl (C=O) groups is 1. The number of nitrogens with one attached hydrogen (secondary N) is 1. The fourth-order valence-electron chi connectivity index (χ4n) is 2.98. The second kappa shape index (κ2) is 9.30. The molecule has 0 bridgehead atoms. The number of rotatable bonds is 6. The van der Waals surface area contributed by atoms with E-state index in [1.165, 1.54) is 24.3 Å². The fraction of sp³-hybridized carbons (Fsp3) is 0.174. The van der Waals surface area contributed by atoms with Crippen LogP contribution in [0, 0.1) is 20.8 Å². The Hall–Kier alpha value is -2.54. The average molecular weight is 477 g/mol. The zero-order chi connectivity index (χ0) is 22.8. The number of carbonyl (C=O) groups excluding carboxylic acids is 1. The molecule has 1 N–H and O–H groups in total. The summed E-state index contributed by atoms with van der Waals surface area (Å²) >= 11 is 11.9. The summed E-state index contributed by atoms with van der Waals surface area (Å²) in [6, 6.07) is 16.2. The molecule has 0 atom stereocenters. The van der Waals surface area contributed by atoms with Crippen molar-refractivity contribution in [2.45, 2.75) is 25.7 Å². The van der Waals surface area contributed by atoms with Crippen molar-refractivity contribution >= 4 is 50.5 Å². The van der Waals surface area contributed by atoms with E-state index in [0.717, 1.165) is 21.0 Å². The summed E-state index contributed by atoms with van der Waals surface area (Å²) in [7, 11) is -4.02. The van der Waals surface area contributed by atoms with E-state index in [2.05, 4.69) is 5.32 Å². The smallest absolute Gasteiger partial charge is 0.264 e. The van der Waals surface area contributed by atoms with Gasteiger partial charge in [0.05, 0.1) is 10.6 Å². The molecule has 0 aliphatic heterocycles. The van der Waals surface area contributed by atoms with E-state index >= 15 is 0 Å². The van der Waals surface area contributed by atoms with Crippen LogP contribution in [-0.2, 0) is 14.8 Å². The predicted octanol–water partition coefficient (Wildman–Crippen LogP) is 5.75. The molecule has 0 aromatic heterocycles. The first-order chi connectivity index (χ1) is 14.6. The van der Waals surface area contributed by atoms with Gasteiger partial charge in [0, 0.05) is 15.7 Å². The van der Waals surface area contributed by atoms with Gasteiger partial charge in [-0.05, 0) is 86.0 Å². The Bertz CT molecular complexity index is 1230. The summed E-state index contributed by atoms with van der Waals surface area (Å²) in [5, 5.41) is 3.65. The number of amides is 1. The van der Waals surface area contributed by atoms with Gasteiger partial charge in [-0.25, -0.2) is 8.42 Å². The summed E-state index contributed by atoms with van der Waals surface area (Å²) in [4.78, 5) is 12.9. The van der Waals surface area contributed by atoms with Gasteiger partial charge in [-0.3, -0.25) is 9.10 Å². The Labute approximate surface area is 192 Å². The van der Waals surface area contributed by atoms with Crippen molar-refractivity contribution in [3.8, 4) is 0 Å². The molecule has 0 unspecified atom stereocenters. The standard InChI is InChI=1S/C23H22Cl2N2O3S/c1-15-5-9-20(12-17(15)3)27(31(29,30)21-10-7-18(24)8-11-21)14-23(28)26-22-13-19(25)6-4-16(22)2/h4-13H,14H2,1-3H3,(H,26,28). The lowest BCUT2D eigenvalue weighted by molar-refractivity contribution is -0.114. The van der Waals surface area contributed by atoms with Crippen LogP contribution in [0.15, 0.2) is 65.6 Å². The molecule has 3 aromatic carbocycles. The predicted molar refractivity (Wildman–Crippen MR) is 127 cm³/mol. The molecule has 0 aliphatic carbocycles. The van der Waals surface area contributed by atoms with Crippen molar-refractivity contribution in [2.24, 2.45) is 0 Å². The highest BCUT2D eigenvalue weighted by atomic mass is 35.5. The van der Waals surface area contributed by atoms with Gasteiger partial charge in [0.25, 0.3) is 10.0 Å². The maximum Gasteiger partial charge on any atom is 0.264 e. The van der Waals surface area contributed by atoms with E-state index in [1.807, 2.05) is 26.8 Å². The van der Waals surface area contributed by atoms with Crippen LogP contribution in [-0.4, -0.2) is 20.9 Å². The molecule has 1 amide bonds. The molecule has 31 heavy (non-hydrogen) atoms. The molecule has 0 radical (unpaired) electrons. The lowest BCUT2D eigenvalue weighted by atomic mass is 10.1. The van der Waals surface area contributed by atoms with Crippen molar-refractivity contribution in [3.05, 3.63) is 87.4 Å². The van der Waals surface area contributed by atoms with Crippen LogP contribution in [0.3, 0.4) is 0 Å². The number of hydrogen-bond acceptors (Lipinski definition) is 3. The normalized spacial score (nSPS) is 11.3. The molecule has 162 valence electrons. The lowest BCUT2D eigenvalue weighted by Gasteiger charge is -2.25. The second-order valence-electron chi connectivity index (χ2n) is 7.24. The number of sulfonamides is 1. The first kappa shape index (κ1) is 23.1. The number of hydrogen-bond donors (Lipinski definition) is 1. The molecule has 5 nitrogen and oxygen atoms in total. The Balaban J connectivity index is 1.99. The van der Waals surface area contributed by atoms with Crippen molar-refractivity contribution < 1.29 is 13.2 Å². The molecular weight excluding hydrogens is 455 g/mol. The molecule has 0 saturated carbocycles. The van der Waals surface area contributed by atoms with Gasteiger partial charge < -0.3 is 5.32 Å². The summed E-state index contributed by atoms with van der Waals surface area (Å²) in [6.45, 7) is 5.25. The molecule has 0 spiro atoms. The minimum Gasteiger partial charge on any atom is -0.324 e. The molecule has 0 fully saturated rings. The van der Waals surface area contributed by atoms with E-state index in [9.17, 15) is 13.2 Å². The van der Waals surface area contributed by atoms with E-state index in [-0.39, 0.29) is 4.90 Å². The maximum absolute atomic E-state index is 13.4. The first-order valence-corrected chi connectivity index (χ1v) is 11.7. The minimum atomic E-state index is -4.02. The Morgan fingerprint density at radius 2 is 1.45 bits per heavy atom. The first-order valence-electron chi connectivity index (χ1n) is 9.49. The summed E-state index contributed by atoms with van der Waals surface area (Å²) in [5.41, 5.74) is 3.68. The number of halogens is 2. The largest absolute Gasteiger partial charge is 0.324 e. The van der Waals surface area contributed by atoms with Crippen LogP contribution in [0.5, 0.6) is 0 Å². The van der Waals surface area contributed by atoms with Crippen molar-refractivity contribution in [1.29, 1.82) is 0 Å². The topological polar surface area (TPSA) is 66.5 Å². The minimum absolute atomic E-state index is 0.0434. The molecule has 0 aliphatic rings. The zero-order valence-corrected chi connectivity index (χ0v) is 19.6. The van der Waals surface area contributed by atoms with Gasteiger partial charge in [0.1, 0.15) is 6.54 Å². The van der Waals surface area contributed by atoms with Gasteiger partial charge in [-0.15, -0.1) is 0 Å². The van der Waals surface area contributed by atoms with Gasteiger partial charge in [0.15, 0.2) is 0 Å². The summed E-state index contributed by atoms with van der Waals surface area (Å²) < 4.78 is 28.0. The van der Waals surface area contributed by atoms with Crippen LogP contribution >= 0.6 is 23.2 Å². The van der Waals surface area contributed by atoms with Gasteiger partial charge >= 0.3 is 0 Å².